The average Bonchev–Trinajstić information content (AvgIpc) is 3.15. The number of hydrogen-bond donors (Lipinski definition) is 1. The molecule has 1 atom stereocenters. The second-order valence-corrected chi connectivity index (χ2v) is 9.82. The number of hydrogen-bond acceptors (Lipinski definition) is 5. The van der Waals surface area contributed by atoms with Crippen molar-refractivity contribution in [2.45, 2.75) is 53.1 Å². The molecule has 0 aliphatic heterocycles. The number of carboxylic acids is 1. The summed E-state index contributed by atoms with van der Waals surface area (Å²) in [6.07, 6.45) is 3.32. The van der Waals surface area contributed by atoms with Crippen molar-refractivity contribution in [1.82, 2.24) is 14.2 Å². The summed E-state index contributed by atoms with van der Waals surface area (Å²) < 4.78 is 9.73. The third-order valence-electron chi connectivity index (χ3n) is 6.17. The van der Waals surface area contributed by atoms with Gasteiger partial charge in [0, 0.05) is 33.5 Å². The summed E-state index contributed by atoms with van der Waals surface area (Å²) in [6.45, 7) is 7.58. The van der Waals surface area contributed by atoms with Crippen LogP contribution in [0.4, 0.5) is 0 Å². The van der Waals surface area contributed by atoms with Gasteiger partial charge in [-0.15, -0.1) is 0 Å². The van der Waals surface area contributed by atoms with Crippen molar-refractivity contribution in [3.05, 3.63) is 86.1 Å². The third kappa shape index (κ3) is 5.67. The summed E-state index contributed by atoms with van der Waals surface area (Å²) in [6, 6.07) is 14.8. The Hall–Kier alpha value is -3.72. The lowest BCUT2D eigenvalue weighted by Gasteiger charge is -2.13. The number of aliphatic carboxylic acids is 1. The van der Waals surface area contributed by atoms with Gasteiger partial charge in [-0.25, -0.2) is 9.78 Å². The van der Waals surface area contributed by atoms with Crippen LogP contribution in [0.15, 0.2) is 62.9 Å². The van der Waals surface area contributed by atoms with E-state index in [-0.39, 0.29) is 5.56 Å². The van der Waals surface area contributed by atoms with Crippen LogP contribution >= 0.6 is 15.9 Å². The standard InChI is InChI=1S/C28H29BrN4O4/c1-5-6-7-26-31-25-13-8-21(29)15-24(25)27(34)33(26)30-16-20-14-17(2)32(18(20)3)22-9-11-23(12-10-22)37-19(4)28(35)36/h8-16,19H,5-7H2,1-4H3,(H,35,36)/t19-/m0/s1. The first-order valence-electron chi connectivity index (χ1n) is 12.1. The van der Waals surface area contributed by atoms with Gasteiger partial charge < -0.3 is 14.4 Å². The Labute approximate surface area is 223 Å². The van der Waals surface area contributed by atoms with Gasteiger partial charge in [0.1, 0.15) is 11.6 Å². The Morgan fingerprint density at radius 2 is 1.92 bits per heavy atom. The number of aryl methyl sites for hydroxylation is 2. The van der Waals surface area contributed by atoms with Crippen molar-refractivity contribution in [3.63, 3.8) is 0 Å². The van der Waals surface area contributed by atoms with Gasteiger partial charge >= 0.3 is 5.97 Å². The molecule has 0 fully saturated rings. The van der Waals surface area contributed by atoms with Gasteiger partial charge in [0.15, 0.2) is 6.10 Å². The Morgan fingerprint density at radius 3 is 2.59 bits per heavy atom. The van der Waals surface area contributed by atoms with E-state index < -0.39 is 12.1 Å². The monoisotopic (exact) mass is 564 g/mol. The Bertz CT molecular complexity index is 1540. The smallest absolute Gasteiger partial charge is 0.344 e. The van der Waals surface area contributed by atoms with E-state index in [4.69, 9.17) is 14.8 Å². The maximum Gasteiger partial charge on any atom is 0.344 e. The van der Waals surface area contributed by atoms with E-state index in [9.17, 15) is 9.59 Å². The zero-order valence-corrected chi connectivity index (χ0v) is 22.8. The molecule has 37 heavy (non-hydrogen) atoms. The zero-order valence-electron chi connectivity index (χ0n) is 21.2. The molecule has 0 aliphatic rings. The molecule has 9 heteroatoms. The molecule has 4 rings (SSSR count). The summed E-state index contributed by atoms with van der Waals surface area (Å²) in [7, 11) is 0. The molecule has 0 amide bonds. The maximum absolute atomic E-state index is 13.3. The predicted molar refractivity (Wildman–Crippen MR) is 148 cm³/mol. The maximum atomic E-state index is 13.3. The second kappa shape index (κ2) is 11.1. The normalized spacial score (nSPS) is 12.4. The highest BCUT2D eigenvalue weighted by Crippen LogP contribution is 2.23. The summed E-state index contributed by atoms with van der Waals surface area (Å²) in [5.41, 5.74) is 4.19. The van der Waals surface area contributed by atoms with Gasteiger partial charge in [-0.2, -0.15) is 9.78 Å². The molecule has 0 saturated heterocycles. The number of aromatic nitrogens is 3. The number of halogens is 1. The molecule has 0 spiro atoms. The van der Waals surface area contributed by atoms with Crippen molar-refractivity contribution >= 4 is 39.0 Å². The highest BCUT2D eigenvalue weighted by Gasteiger charge is 2.15. The summed E-state index contributed by atoms with van der Waals surface area (Å²) in [5, 5.41) is 14.2. The Balaban J connectivity index is 1.69. The first kappa shape index (κ1) is 26.3. The van der Waals surface area contributed by atoms with E-state index >= 15 is 0 Å². The highest BCUT2D eigenvalue weighted by atomic mass is 79.9. The molecule has 0 radical (unpaired) electrons. The first-order valence-corrected chi connectivity index (χ1v) is 12.9. The predicted octanol–water partition coefficient (Wildman–Crippen LogP) is 5.64. The van der Waals surface area contributed by atoms with Gasteiger partial charge in [0.25, 0.3) is 5.56 Å². The van der Waals surface area contributed by atoms with Crippen LogP contribution < -0.4 is 10.3 Å². The van der Waals surface area contributed by atoms with Crippen molar-refractivity contribution in [1.29, 1.82) is 0 Å². The van der Waals surface area contributed by atoms with E-state index in [1.54, 1.807) is 24.4 Å². The summed E-state index contributed by atoms with van der Waals surface area (Å²) in [5.74, 6) is 0.103. The quantitative estimate of drug-likeness (QED) is 0.265. The number of benzene rings is 2. The number of nitrogens with zero attached hydrogens (tertiary/aromatic N) is 4. The summed E-state index contributed by atoms with van der Waals surface area (Å²) in [4.78, 5) is 29.1. The van der Waals surface area contributed by atoms with Crippen molar-refractivity contribution in [2.75, 3.05) is 0 Å². The molecular weight excluding hydrogens is 536 g/mol. The van der Waals surface area contributed by atoms with Gasteiger partial charge in [-0.1, -0.05) is 29.3 Å². The molecule has 0 bridgehead atoms. The van der Waals surface area contributed by atoms with Crippen LogP contribution in [0.5, 0.6) is 5.75 Å². The fourth-order valence-electron chi connectivity index (χ4n) is 4.17. The second-order valence-electron chi connectivity index (χ2n) is 8.91. The lowest BCUT2D eigenvalue weighted by atomic mass is 10.2. The van der Waals surface area contributed by atoms with E-state index in [2.05, 4.69) is 32.5 Å². The largest absolute Gasteiger partial charge is 0.479 e. The van der Waals surface area contributed by atoms with Crippen LogP contribution in [-0.4, -0.2) is 37.6 Å². The van der Waals surface area contributed by atoms with Crippen LogP contribution in [0.2, 0.25) is 0 Å². The molecule has 0 saturated carbocycles. The van der Waals surface area contributed by atoms with E-state index in [0.29, 0.717) is 28.9 Å². The topological polar surface area (TPSA) is 98.7 Å². The molecule has 1 N–H and O–H groups in total. The van der Waals surface area contributed by atoms with Crippen LogP contribution in [0.1, 0.15) is 49.5 Å². The molecule has 2 aromatic carbocycles. The van der Waals surface area contributed by atoms with E-state index in [0.717, 1.165) is 40.0 Å². The molecule has 0 unspecified atom stereocenters. The van der Waals surface area contributed by atoms with E-state index in [1.165, 1.54) is 11.6 Å². The van der Waals surface area contributed by atoms with Gasteiger partial charge in [-0.05, 0) is 75.7 Å². The Morgan fingerprint density at radius 1 is 1.19 bits per heavy atom. The van der Waals surface area contributed by atoms with Gasteiger partial charge in [-0.3, -0.25) is 4.79 Å². The van der Waals surface area contributed by atoms with E-state index in [1.807, 2.05) is 44.2 Å². The number of rotatable bonds is 9. The number of ether oxygens (including phenoxy) is 1. The number of unbranched alkanes of at least 4 members (excludes halogenated alkanes) is 1. The number of carboxylic acid groups (broad SMARTS) is 1. The fraction of sp³-hybridized carbons (Fsp3) is 0.286. The number of fused-ring (bicyclic) bond motifs is 1. The molecule has 0 aliphatic carbocycles. The minimum atomic E-state index is -1.02. The molecular formula is C28H29BrN4O4. The van der Waals surface area contributed by atoms with Gasteiger partial charge in [0.2, 0.25) is 0 Å². The lowest BCUT2D eigenvalue weighted by molar-refractivity contribution is -0.144. The minimum absolute atomic E-state index is 0.200. The van der Waals surface area contributed by atoms with Crippen LogP contribution in [0.25, 0.3) is 16.6 Å². The zero-order chi connectivity index (χ0) is 26.7. The van der Waals surface area contributed by atoms with Crippen molar-refractivity contribution in [3.8, 4) is 11.4 Å². The molecule has 192 valence electrons. The van der Waals surface area contributed by atoms with Gasteiger partial charge in [0.05, 0.1) is 17.1 Å². The molecule has 4 aromatic rings. The minimum Gasteiger partial charge on any atom is -0.479 e. The van der Waals surface area contributed by atoms with Crippen molar-refractivity contribution in [2.24, 2.45) is 5.10 Å². The molecule has 8 nitrogen and oxygen atoms in total. The Kier molecular flexibility index (Phi) is 7.92. The first-order chi connectivity index (χ1) is 17.7. The van der Waals surface area contributed by atoms with Crippen LogP contribution in [-0.2, 0) is 11.2 Å². The molecule has 2 aromatic heterocycles. The highest BCUT2D eigenvalue weighted by molar-refractivity contribution is 9.10. The fourth-order valence-corrected chi connectivity index (χ4v) is 4.54. The SMILES string of the molecule is CCCCc1nc2ccc(Br)cc2c(=O)n1N=Cc1cc(C)n(-c2ccc(O[C@@H](C)C(=O)O)cc2)c1C. The lowest BCUT2D eigenvalue weighted by Crippen LogP contribution is -2.22. The van der Waals surface area contributed by atoms with Crippen LogP contribution in [0, 0.1) is 13.8 Å². The number of carbonyl (C=O) groups is 1. The van der Waals surface area contributed by atoms with Crippen LogP contribution in [0.3, 0.4) is 0 Å². The van der Waals surface area contributed by atoms with Crippen molar-refractivity contribution < 1.29 is 14.6 Å². The average molecular weight is 565 g/mol. The third-order valence-corrected chi connectivity index (χ3v) is 6.66. The molecule has 2 heterocycles. The summed E-state index contributed by atoms with van der Waals surface area (Å²) >= 11 is 3.44.